The van der Waals surface area contributed by atoms with Crippen LogP contribution in [0.15, 0.2) is 47.4 Å². The normalized spacial score (nSPS) is 17.4. The van der Waals surface area contributed by atoms with Crippen LogP contribution in [0.5, 0.6) is 0 Å². The number of nitrogens with one attached hydrogen (secondary N) is 2. The number of anilines is 1. The fraction of sp³-hybridized carbons (Fsp3) is 0.222. The van der Waals surface area contributed by atoms with Crippen molar-refractivity contribution >= 4 is 52.5 Å². The quantitative estimate of drug-likeness (QED) is 0.791. The molecule has 2 aromatic rings. The van der Waals surface area contributed by atoms with Crippen LogP contribution in [0.3, 0.4) is 0 Å². The van der Waals surface area contributed by atoms with Crippen molar-refractivity contribution in [2.45, 2.75) is 29.5 Å². The summed E-state index contributed by atoms with van der Waals surface area (Å²) in [4.78, 5) is 25.5. The minimum atomic E-state index is -0.448. The molecular formula is C18H16Cl2N2O2S. The lowest BCUT2D eigenvalue weighted by Gasteiger charge is -2.24. The standard InChI is InChI=1S/C18H16Cl2N2O2S/c1-10(11-6-7-12(19)13(20)8-11)21-17(23)9-16-18(24)22-14-4-2-3-5-15(14)25-16/h2-8,10,16H,9H2,1H3,(H,21,23)(H,22,24). The number of amides is 2. The first-order valence-electron chi connectivity index (χ1n) is 7.75. The van der Waals surface area contributed by atoms with Crippen LogP contribution in [-0.4, -0.2) is 17.1 Å². The summed E-state index contributed by atoms with van der Waals surface area (Å²) in [6, 6.07) is 12.6. The van der Waals surface area contributed by atoms with Crippen LogP contribution in [-0.2, 0) is 9.59 Å². The molecule has 1 aliphatic heterocycles. The Balaban J connectivity index is 1.62. The summed E-state index contributed by atoms with van der Waals surface area (Å²) in [6.45, 7) is 1.86. The van der Waals surface area contributed by atoms with E-state index in [1.165, 1.54) is 11.8 Å². The monoisotopic (exact) mass is 394 g/mol. The van der Waals surface area contributed by atoms with Gasteiger partial charge in [0, 0.05) is 11.3 Å². The average molecular weight is 395 g/mol. The van der Waals surface area contributed by atoms with Gasteiger partial charge in [-0.05, 0) is 36.8 Å². The second-order valence-corrected chi connectivity index (χ2v) is 7.82. The molecule has 0 fully saturated rings. The number of fused-ring (bicyclic) bond motifs is 1. The van der Waals surface area contributed by atoms with Gasteiger partial charge in [-0.3, -0.25) is 9.59 Å². The Labute approximate surface area is 160 Å². The summed E-state index contributed by atoms with van der Waals surface area (Å²) >= 11 is 13.3. The van der Waals surface area contributed by atoms with Gasteiger partial charge in [-0.1, -0.05) is 41.4 Å². The van der Waals surface area contributed by atoms with Gasteiger partial charge in [-0.15, -0.1) is 11.8 Å². The van der Waals surface area contributed by atoms with Crippen LogP contribution in [0.25, 0.3) is 0 Å². The van der Waals surface area contributed by atoms with Crippen molar-refractivity contribution in [2.24, 2.45) is 0 Å². The van der Waals surface area contributed by atoms with Crippen molar-refractivity contribution in [3.63, 3.8) is 0 Å². The van der Waals surface area contributed by atoms with Crippen molar-refractivity contribution < 1.29 is 9.59 Å². The minimum absolute atomic E-state index is 0.108. The lowest BCUT2D eigenvalue weighted by atomic mass is 10.1. The molecule has 25 heavy (non-hydrogen) atoms. The zero-order valence-electron chi connectivity index (χ0n) is 13.4. The molecular weight excluding hydrogens is 379 g/mol. The third-order valence-electron chi connectivity index (χ3n) is 3.90. The first kappa shape index (κ1) is 18.1. The first-order valence-corrected chi connectivity index (χ1v) is 9.38. The van der Waals surface area contributed by atoms with Gasteiger partial charge in [-0.25, -0.2) is 0 Å². The molecule has 0 aromatic heterocycles. The maximum absolute atomic E-state index is 12.3. The van der Waals surface area contributed by atoms with E-state index in [9.17, 15) is 9.59 Å². The van der Waals surface area contributed by atoms with Crippen molar-refractivity contribution in [2.75, 3.05) is 5.32 Å². The Hall–Kier alpha value is -1.69. The molecule has 2 atom stereocenters. The van der Waals surface area contributed by atoms with E-state index in [1.807, 2.05) is 37.3 Å². The molecule has 3 rings (SSSR count). The number of hydrogen-bond donors (Lipinski definition) is 2. The summed E-state index contributed by atoms with van der Waals surface area (Å²) in [5.74, 6) is -0.341. The summed E-state index contributed by atoms with van der Waals surface area (Å²) in [6.07, 6.45) is 0.108. The van der Waals surface area contributed by atoms with E-state index in [0.29, 0.717) is 10.0 Å². The molecule has 4 nitrogen and oxygen atoms in total. The third kappa shape index (κ3) is 4.29. The maximum Gasteiger partial charge on any atom is 0.238 e. The van der Waals surface area contributed by atoms with Crippen molar-refractivity contribution in [3.05, 3.63) is 58.1 Å². The molecule has 2 amide bonds. The van der Waals surface area contributed by atoms with E-state index >= 15 is 0 Å². The molecule has 1 aliphatic rings. The largest absolute Gasteiger partial charge is 0.350 e. The number of para-hydroxylation sites is 1. The Kier molecular flexibility index (Phi) is 5.57. The smallest absolute Gasteiger partial charge is 0.238 e. The molecule has 1 heterocycles. The van der Waals surface area contributed by atoms with Crippen LogP contribution < -0.4 is 10.6 Å². The Morgan fingerprint density at radius 2 is 2.00 bits per heavy atom. The zero-order chi connectivity index (χ0) is 18.0. The van der Waals surface area contributed by atoms with Crippen LogP contribution in [0.4, 0.5) is 5.69 Å². The molecule has 0 saturated carbocycles. The van der Waals surface area contributed by atoms with Gasteiger partial charge in [0.25, 0.3) is 0 Å². The Morgan fingerprint density at radius 1 is 1.24 bits per heavy atom. The first-order chi connectivity index (χ1) is 11.9. The molecule has 0 spiro atoms. The van der Waals surface area contributed by atoms with Crippen LogP contribution in [0.2, 0.25) is 10.0 Å². The highest BCUT2D eigenvalue weighted by Gasteiger charge is 2.29. The number of carbonyl (C=O) groups is 2. The lowest BCUT2D eigenvalue weighted by molar-refractivity contribution is -0.124. The summed E-state index contributed by atoms with van der Waals surface area (Å²) in [5, 5.41) is 6.21. The predicted molar refractivity (Wildman–Crippen MR) is 102 cm³/mol. The fourth-order valence-corrected chi connectivity index (χ4v) is 3.98. The van der Waals surface area contributed by atoms with Crippen LogP contribution >= 0.6 is 35.0 Å². The summed E-state index contributed by atoms with van der Waals surface area (Å²) in [5.41, 5.74) is 1.65. The average Bonchev–Trinajstić information content (AvgIpc) is 2.58. The highest BCUT2D eigenvalue weighted by Crippen LogP contribution is 2.36. The molecule has 0 radical (unpaired) electrons. The summed E-state index contributed by atoms with van der Waals surface area (Å²) in [7, 11) is 0. The molecule has 2 unspecified atom stereocenters. The van der Waals surface area contributed by atoms with Gasteiger partial charge in [0.2, 0.25) is 11.8 Å². The minimum Gasteiger partial charge on any atom is -0.350 e. The lowest BCUT2D eigenvalue weighted by Crippen LogP contribution is -2.35. The van der Waals surface area contributed by atoms with E-state index in [0.717, 1.165) is 16.1 Å². The molecule has 0 bridgehead atoms. The van der Waals surface area contributed by atoms with Crippen LogP contribution in [0.1, 0.15) is 24.9 Å². The molecule has 2 N–H and O–H groups in total. The van der Waals surface area contributed by atoms with Crippen molar-refractivity contribution in [1.29, 1.82) is 0 Å². The van der Waals surface area contributed by atoms with E-state index in [4.69, 9.17) is 23.2 Å². The SMILES string of the molecule is CC(NC(=O)CC1Sc2ccccc2NC1=O)c1ccc(Cl)c(Cl)c1. The zero-order valence-corrected chi connectivity index (χ0v) is 15.7. The van der Waals surface area contributed by atoms with Gasteiger partial charge >= 0.3 is 0 Å². The fourth-order valence-electron chi connectivity index (χ4n) is 2.56. The molecule has 0 saturated heterocycles. The van der Waals surface area contributed by atoms with E-state index in [1.54, 1.807) is 12.1 Å². The van der Waals surface area contributed by atoms with E-state index in [-0.39, 0.29) is 24.3 Å². The Bertz CT molecular complexity index is 828. The van der Waals surface area contributed by atoms with Gasteiger partial charge in [0.1, 0.15) is 0 Å². The van der Waals surface area contributed by atoms with Crippen molar-refractivity contribution in [3.8, 4) is 0 Å². The van der Waals surface area contributed by atoms with E-state index in [2.05, 4.69) is 10.6 Å². The highest BCUT2D eigenvalue weighted by molar-refractivity contribution is 8.01. The van der Waals surface area contributed by atoms with Crippen LogP contribution in [0, 0.1) is 0 Å². The number of thioether (sulfide) groups is 1. The number of benzene rings is 2. The van der Waals surface area contributed by atoms with Crippen molar-refractivity contribution in [1.82, 2.24) is 5.32 Å². The molecule has 0 aliphatic carbocycles. The highest BCUT2D eigenvalue weighted by atomic mass is 35.5. The second kappa shape index (κ2) is 7.68. The number of hydrogen-bond acceptors (Lipinski definition) is 3. The Morgan fingerprint density at radius 3 is 2.76 bits per heavy atom. The van der Waals surface area contributed by atoms with Gasteiger partial charge in [-0.2, -0.15) is 0 Å². The number of carbonyl (C=O) groups excluding carboxylic acids is 2. The number of rotatable bonds is 4. The molecule has 130 valence electrons. The van der Waals surface area contributed by atoms with E-state index < -0.39 is 5.25 Å². The topological polar surface area (TPSA) is 58.2 Å². The molecule has 2 aromatic carbocycles. The molecule has 7 heteroatoms. The predicted octanol–water partition coefficient (Wildman–Crippen LogP) is 4.67. The van der Waals surface area contributed by atoms with Gasteiger partial charge in [0.15, 0.2) is 0 Å². The third-order valence-corrected chi connectivity index (χ3v) is 5.91. The second-order valence-electron chi connectivity index (χ2n) is 5.76. The summed E-state index contributed by atoms with van der Waals surface area (Å²) < 4.78 is 0. The van der Waals surface area contributed by atoms with Gasteiger partial charge in [0.05, 0.1) is 27.0 Å². The number of halogens is 2. The van der Waals surface area contributed by atoms with Gasteiger partial charge < -0.3 is 10.6 Å². The maximum atomic E-state index is 12.3.